The second-order valence-corrected chi connectivity index (χ2v) is 7.03. The summed E-state index contributed by atoms with van der Waals surface area (Å²) < 4.78 is 5.52. The number of ether oxygens (including phenoxy) is 1. The van der Waals surface area contributed by atoms with Crippen molar-refractivity contribution in [2.45, 2.75) is 32.2 Å². The van der Waals surface area contributed by atoms with Crippen LogP contribution in [0, 0.1) is 5.92 Å². The average Bonchev–Trinajstić information content (AvgIpc) is 2.72. The summed E-state index contributed by atoms with van der Waals surface area (Å²) in [6.07, 6.45) is 2.25. The van der Waals surface area contributed by atoms with Crippen molar-refractivity contribution in [3.8, 4) is 5.75 Å². The molecule has 6 heteroatoms. The molecule has 2 amide bonds. The summed E-state index contributed by atoms with van der Waals surface area (Å²) in [5, 5.41) is 3.39. The van der Waals surface area contributed by atoms with Gasteiger partial charge in [0.15, 0.2) is 0 Å². The van der Waals surface area contributed by atoms with E-state index >= 15 is 0 Å². The fraction of sp³-hybridized carbons (Fsp3) is 0.600. The van der Waals surface area contributed by atoms with E-state index in [9.17, 15) is 9.59 Å². The number of rotatable bonds is 4. The van der Waals surface area contributed by atoms with Crippen LogP contribution < -0.4 is 10.1 Å². The Kier molecular flexibility index (Phi) is 6.14. The van der Waals surface area contributed by atoms with Crippen LogP contribution >= 0.6 is 0 Å². The van der Waals surface area contributed by atoms with Crippen molar-refractivity contribution in [1.82, 2.24) is 15.1 Å². The zero-order valence-corrected chi connectivity index (χ0v) is 15.7. The lowest BCUT2D eigenvalue weighted by Gasteiger charge is -2.41. The Bertz CT molecular complexity index is 649. The number of nitrogens with one attached hydrogen (secondary N) is 1. The normalized spacial score (nSPS) is 23.6. The highest BCUT2D eigenvalue weighted by molar-refractivity contribution is 5.82. The van der Waals surface area contributed by atoms with Crippen LogP contribution in [0.2, 0.25) is 0 Å². The Morgan fingerprint density at radius 3 is 2.85 bits per heavy atom. The van der Waals surface area contributed by atoms with Crippen LogP contribution in [0.25, 0.3) is 0 Å². The summed E-state index contributed by atoms with van der Waals surface area (Å²) in [5.41, 5.74) is 1.04. The first kappa shape index (κ1) is 18.7. The van der Waals surface area contributed by atoms with E-state index in [1.54, 1.807) is 7.11 Å². The highest BCUT2D eigenvalue weighted by atomic mass is 16.5. The van der Waals surface area contributed by atoms with E-state index in [0.717, 1.165) is 43.8 Å². The third-order valence-corrected chi connectivity index (χ3v) is 5.45. The Balaban J connectivity index is 1.79. The molecule has 0 bridgehead atoms. The number of nitrogens with zero attached hydrogens (tertiary/aromatic N) is 2. The highest BCUT2D eigenvalue weighted by Gasteiger charge is 2.36. The third-order valence-electron chi connectivity index (χ3n) is 5.45. The van der Waals surface area contributed by atoms with Gasteiger partial charge in [0.2, 0.25) is 11.8 Å². The lowest BCUT2D eigenvalue weighted by molar-refractivity contribution is -0.143. The maximum Gasteiger partial charge on any atom is 0.228 e. The van der Waals surface area contributed by atoms with Gasteiger partial charge in [-0.15, -0.1) is 0 Å². The summed E-state index contributed by atoms with van der Waals surface area (Å²) in [7, 11) is 1.66. The summed E-state index contributed by atoms with van der Waals surface area (Å²) in [5.74, 6) is 1.01. The van der Waals surface area contributed by atoms with Crippen molar-refractivity contribution < 1.29 is 14.3 Å². The molecule has 0 radical (unpaired) electrons. The first-order valence-electron chi connectivity index (χ1n) is 9.57. The lowest BCUT2D eigenvalue weighted by atomic mass is 9.93. The van der Waals surface area contributed by atoms with Crippen LogP contribution in [0.5, 0.6) is 5.75 Å². The molecule has 1 N–H and O–H groups in total. The SMILES string of the molecule is CCC(=O)N1CCCC(C(=O)N2CCNCC2c2ccccc2OC)C1. The van der Waals surface area contributed by atoms with Crippen molar-refractivity contribution in [3.05, 3.63) is 29.8 Å². The first-order chi connectivity index (χ1) is 12.7. The number of amides is 2. The second kappa shape index (κ2) is 8.54. The Labute approximate surface area is 155 Å². The van der Waals surface area contributed by atoms with Crippen LogP contribution in [-0.2, 0) is 9.59 Å². The van der Waals surface area contributed by atoms with E-state index in [0.29, 0.717) is 19.5 Å². The minimum Gasteiger partial charge on any atom is -0.496 e. The number of methoxy groups -OCH3 is 1. The van der Waals surface area contributed by atoms with E-state index in [1.165, 1.54) is 0 Å². The fourth-order valence-corrected chi connectivity index (χ4v) is 4.05. The molecular formula is C20H29N3O3. The second-order valence-electron chi connectivity index (χ2n) is 7.03. The molecule has 2 heterocycles. The quantitative estimate of drug-likeness (QED) is 0.891. The first-order valence-corrected chi connectivity index (χ1v) is 9.57. The van der Waals surface area contributed by atoms with Crippen LogP contribution in [0.15, 0.2) is 24.3 Å². The average molecular weight is 359 g/mol. The van der Waals surface area contributed by atoms with Crippen molar-refractivity contribution in [2.75, 3.05) is 39.8 Å². The van der Waals surface area contributed by atoms with E-state index in [2.05, 4.69) is 5.32 Å². The minimum atomic E-state index is -0.102. The number of hydrogen-bond donors (Lipinski definition) is 1. The maximum absolute atomic E-state index is 13.3. The zero-order valence-electron chi connectivity index (χ0n) is 15.7. The van der Waals surface area contributed by atoms with E-state index in [4.69, 9.17) is 4.74 Å². The molecule has 0 spiro atoms. The summed E-state index contributed by atoms with van der Waals surface area (Å²) in [6.45, 7) is 5.39. The van der Waals surface area contributed by atoms with Gasteiger partial charge in [-0.3, -0.25) is 9.59 Å². The topological polar surface area (TPSA) is 61.9 Å². The fourth-order valence-electron chi connectivity index (χ4n) is 4.05. The number of piperidine rings is 1. The predicted octanol–water partition coefficient (Wildman–Crippen LogP) is 1.82. The van der Waals surface area contributed by atoms with Gasteiger partial charge >= 0.3 is 0 Å². The van der Waals surface area contributed by atoms with E-state index in [-0.39, 0.29) is 23.8 Å². The van der Waals surface area contributed by atoms with Crippen LogP contribution in [0.4, 0.5) is 0 Å². The van der Waals surface area contributed by atoms with Crippen molar-refractivity contribution in [3.63, 3.8) is 0 Å². The van der Waals surface area contributed by atoms with Crippen LogP contribution in [0.3, 0.4) is 0 Å². The molecule has 2 aliphatic heterocycles. The standard InChI is InChI=1S/C20H29N3O3/c1-3-19(24)22-11-6-7-15(14-22)20(25)23-12-10-21-13-17(23)16-8-4-5-9-18(16)26-2/h4-5,8-9,15,17,21H,3,6-7,10-14H2,1-2H3. The molecule has 1 aromatic rings. The number of carbonyl (C=O) groups is 2. The van der Waals surface area contributed by atoms with Gasteiger partial charge < -0.3 is 19.9 Å². The van der Waals surface area contributed by atoms with Gasteiger partial charge in [-0.05, 0) is 18.9 Å². The molecule has 2 fully saturated rings. The molecule has 1 aromatic carbocycles. The molecule has 0 saturated carbocycles. The van der Waals surface area contributed by atoms with Gasteiger partial charge in [0, 0.05) is 44.7 Å². The highest BCUT2D eigenvalue weighted by Crippen LogP contribution is 2.32. The van der Waals surface area contributed by atoms with Crippen molar-refractivity contribution in [1.29, 1.82) is 0 Å². The van der Waals surface area contributed by atoms with Gasteiger partial charge in [0.1, 0.15) is 5.75 Å². The molecule has 3 rings (SSSR count). The molecular weight excluding hydrogens is 330 g/mol. The molecule has 6 nitrogen and oxygen atoms in total. The molecule has 26 heavy (non-hydrogen) atoms. The molecule has 0 aliphatic carbocycles. The van der Waals surface area contributed by atoms with Gasteiger partial charge in [0.05, 0.1) is 19.1 Å². The molecule has 2 unspecified atom stereocenters. The number of para-hydroxylation sites is 1. The number of likely N-dealkylation sites (tertiary alicyclic amines) is 1. The van der Waals surface area contributed by atoms with Gasteiger partial charge in [-0.1, -0.05) is 25.1 Å². The zero-order chi connectivity index (χ0) is 18.5. The van der Waals surface area contributed by atoms with E-state index in [1.807, 2.05) is 41.0 Å². The number of piperazine rings is 1. The minimum absolute atomic E-state index is 0.0374. The smallest absolute Gasteiger partial charge is 0.228 e. The van der Waals surface area contributed by atoms with Gasteiger partial charge in [-0.25, -0.2) is 0 Å². The lowest BCUT2D eigenvalue weighted by Crippen LogP contribution is -2.53. The maximum atomic E-state index is 13.3. The summed E-state index contributed by atoms with van der Waals surface area (Å²) >= 11 is 0. The Morgan fingerprint density at radius 2 is 2.08 bits per heavy atom. The van der Waals surface area contributed by atoms with Crippen molar-refractivity contribution >= 4 is 11.8 Å². The predicted molar refractivity (Wildman–Crippen MR) is 99.9 cm³/mol. The summed E-state index contributed by atoms with van der Waals surface area (Å²) in [4.78, 5) is 29.2. The molecule has 142 valence electrons. The monoisotopic (exact) mass is 359 g/mol. The van der Waals surface area contributed by atoms with Gasteiger partial charge in [0.25, 0.3) is 0 Å². The third kappa shape index (κ3) is 3.85. The largest absolute Gasteiger partial charge is 0.496 e. The molecule has 0 aromatic heterocycles. The summed E-state index contributed by atoms with van der Waals surface area (Å²) in [6, 6.07) is 7.86. The molecule has 2 atom stereocenters. The number of hydrogen-bond acceptors (Lipinski definition) is 4. The number of carbonyl (C=O) groups excluding carboxylic acids is 2. The Hall–Kier alpha value is -2.08. The van der Waals surface area contributed by atoms with Crippen LogP contribution in [-0.4, -0.2) is 61.4 Å². The Morgan fingerprint density at radius 1 is 1.27 bits per heavy atom. The molecule has 2 aliphatic rings. The van der Waals surface area contributed by atoms with E-state index < -0.39 is 0 Å². The van der Waals surface area contributed by atoms with Gasteiger partial charge in [-0.2, -0.15) is 0 Å². The number of benzene rings is 1. The van der Waals surface area contributed by atoms with Crippen LogP contribution in [0.1, 0.15) is 37.8 Å². The molecule has 2 saturated heterocycles. The van der Waals surface area contributed by atoms with Crippen molar-refractivity contribution in [2.24, 2.45) is 5.92 Å².